The van der Waals surface area contributed by atoms with Gasteiger partial charge in [-0.2, -0.15) is 0 Å². The van der Waals surface area contributed by atoms with Crippen LogP contribution in [-0.2, 0) is 0 Å². The van der Waals surface area contributed by atoms with Gasteiger partial charge in [-0.3, -0.25) is 0 Å². The van der Waals surface area contributed by atoms with Crippen LogP contribution >= 0.6 is 15.9 Å². The standard InChI is InChI=1S/C10H13BrN4O2/c1-7-5-12-2-3-14(7)9-4-8(11)6-13-10(9)15(16)17/h4,6-7,12H,2-3,5H2,1H3/t7-/m0/s1. The first kappa shape index (κ1) is 12.3. The normalized spacial score (nSPS) is 20.4. The van der Waals surface area contributed by atoms with Crippen LogP contribution in [0.5, 0.6) is 0 Å². The SMILES string of the molecule is C[C@H]1CNCCN1c1cc(Br)cnc1[N+](=O)[O-]. The molecule has 1 atom stereocenters. The molecule has 92 valence electrons. The number of rotatable bonds is 2. The second-order valence-corrected chi connectivity index (χ2v) is 4.92. The van der Waals surface area contributed by atoms with E-state index in [-0.39, 0.29) is 11.9 Å². The van der Waals surface area contributed by atoms with Crippen molar-refractivity contribution in [2.45, 2.75) is 13.0 Å². The van der Waals surface area contributed by atoms with Gasteiger partial charge in [0.05, 0.1) is 4.47 Å². The molecule has 0 unspecified atom stereocenters. The summed E-state index contributed by atoms with van der Waals surface area (Å²) in [5.74, 6) is -0.0815. The van der Waals surface area contributed by atoms with Crippen molar-refractivity contribution in [3.05, 3.63) is 26.9 Å². The number of nitrogens with one attached hydrogen (secondary N) is 1. The Bertz CT molecular complexity index is 440. The third-order valence-electron chi connectivity index (χ3n) is 2.80. The zero-order chi connectivity index (χ0) is 12.4. The Morgan fingerprint density at radius 2 is 2.47 bits per heavy atom. The van der Waals surface area contributed by atoms with E-state index in [9.17, 15) is 10.1 Å². The molecule has 0 radical (unpaired) electrons. The van der Waals surface area contributed by atoms with E-state index in [2.05, 4.69) is 26.2 Å². The fourth-order valence-electron chi connectivity index (χ4n) is 1.97. The average molecular weight is 301 g/mol. The average Bonchev–Trinajstić information content (AvgIpc) is 2.29. The third kappa shape index (κ3) is 2.55. The molecule has 1 N–H and O–H groups in total. The van der Waals surface area contributed by atoms with E-state index in [1.165, 1.54) is 6.20 Å². The van der Waals surface area contributed by atoms with E-state index in [4.69, 9.17) is 0 Å². The van der Waals surface area contributed by atoms with E-state index in [0.29, 0.717) is 5.69 Å². The second kappa shape index (κ2) is 4.97. The minimum atomic E-state index is -0.434. The Morgan fingerprint density at radius 1 is 1.71 bits per heavy atom. The molecule has 1 aliphatic rings. The van der Waals surface area contributed by atoms with Crippen molar-refractivity contribution >= 4 is 27.4 Å². The number of nitrogens with zero attached hydrogens (tertiary/aromatic N) is 3. The molecule has 7 heteroatoms. The number of hydrogen-bond acceptors (Lipinski definition) is 5. The maximum absolute atomic E-state index is 11.0. The van der Waals surface area contributed by atoms with Gasteiger partial charge in [0.2, 0.25) is 0 Å². The highest BCUT2D eigenvalue weighted by molar-refractivity contribution is 9.10. The molecule has 1 aromatic rings. The van der Waals surface area contributed by atoms with Crippen molar-refractivity contribution in [2.24, 2.45) is 0 Å². The van der Waals surface area contributed by atoms with Crippen molar-refractivity contribution in [1.82, 2.24) is 10.3 Å². The molecule has 2 rings (SSSR count). The van der Waals surface area contributed by atoms with Crippen LogP contribution in [0.15, 0.2) is 16.7 Å². The molecule has 0 aliphatic carbocycles. The molecule has 1 fully saturated rings. The monoisotopic (exact) mass is 300 g/mol. The maximum Gasteiger partial charge on any atom is 0.387 e. The summed E-state index contributed by atoms with van der Waals surface area (Å²) >= 11 is 3.30. The van der Waals surface area contributed by atoms with E-state index in [0.717, 1.165) is 24.1 Å². The van der Waals surface area contributed by atoms with Crippen LogP contribution in [0.1, 0.15) is 6.92 Å². The lowest BCUT2D eigenvalue weighted by atomic mass is 10.2. The summed E-state index contributed by atoms with van der Waals surface area (Å²) in [6.45, 7) is 4.44. The summed E-state index contributed by atoms with van der Waals surface area (Å²) in [5, 5.41) is 14.2. The summed E-state index contributed by atoms with van der Waals surface area (Å²) in [6.07, 6.45) is 1.45. The highest BCUT2D eigenvalue weighted by atomic mass is 79.9. The predicted octanol–water partition coefficient (Wildman–Crippen LogP) is 1.55. The molecular weight excluding hydrogens is 288 g/mol. The van der Waals surface area contributed by atoms with Crippen LogP contribution < -0.4 is 10.2 Å². The number of piperazine rings is 1. The fraction of sp³-hybridized carbons (Fsp3) is 0.500. The Kier molecular flexibility index (Phi) is 3.58. The fourth-order valence-corrected chi connectivity index (χ4v) is 2.29. The van der Waals surface area contributed by atoms with Crippen molar-refractivity contribution in [3.63, 3.8) is 0 Å². The zero-order valence-electron chi connectivity index (χ0n) is 9.39. The van der Waals surface area contributed by atoms with Gasteiger partial charge >= 0.3 is 5.82 Å². The van der Waals surface area contributed by atoms with Crippen molar-refractivity contribution in [3.8, 4) is 0 Å². The van der Waals surface area contributed by atoms with Crippen molar-refractivity contribution in [1.29, 1.82) is 0 Å². The highest BCUT2D eigenvalue weighted by Gasteiger charge is 2.26. The first-order chi connectivity index (χ1) is 8.09. The van der Waals surface area contributed by atoms with Crippen LogP contribution in [0, 0.1) is 10.1 Å². The van der Waals surface area contributed by atoms with Gasteiger partial charge in [0.1, 0.15) is 5.69 Å². The van der Waals surface area contributed by atoms with Crippen LogP contribution in [-0.4, -0.2) is 35.6 Å². The Morgan fingerprint density at radius 3 is 3.12 bits per heavy atom. The second-order valence-electron chi connectivity index (χ2n) is 4.00. The summed E-state index contributed by atoms with van der Waals surface area (Å²) in [6, 6.07) is 1.98. The lowest BCUT2D eigenvalue weighted by Gasteiger charge is -2.35. The smallest absolute Gasteiger partial charge is 0.359 e. The number of hydrogen-bond donors (Lipinski definition) is 1. The molecule has 1 aliphatic heterocycles. The molecule has 6 nitrogen and oxygen atoms in total. The molecule has 1 saturated heterocycles. The third-order valence-corrected chi connectivity index (χ3v) is 3.23. The summed E-state index contributed by atoms with van der Waals surface area (Å²) in [5.41, 5.74) is 0.582. The quantitative estimate of drug-likeness (QED) is 0.663. The molecular formula is C10H13BrN4O2. The molecule has 17 heavy (non-hydrogen) atoms. The minimum Gasteiger partial charge on any atom is -0.359 e. The molecule has 0 spiro atoms. The highest BCUT2D eigenvalue weighted by Crippen LogP contribution is 2.30. The molecule has 0 saturated carbocycles. The topological polar surface area (TPSA) is 71.3 Å². The number of halogens is 1. The van der Waals surface area contributed by atoms with E-state index in [1.54, 1.807) is 6.07 Å². The van der Waals surface area contributed by atoms with Gasteiger partial charge in [-0.1, -0.05) is 0 Å². The van der Waals surface area contributed by atoms with Gasteiger partial charge in [-0.25, -0.2) is 0 Å². The van der Waals surface area contributed by atoms with Gasteiger partial charge < -0.3 is 20.3 Å². The van der Waals surface area contributed by atoms with Gasteiger partial charge in [0.25, 0.3) is 0 Å². The molecule has 0 aromatic carbocycles. The predicted molar refractivity (Wildman–Crippen MR) is 68.3 cm³/mol. The Balaban J connectivity index is 2.41. The van der Waals surface area contributed by atoms with E-state index in [1.807, 2.05) is 11.8 Å². The molecule has 0 bridgehead atoms. The summed E-state index contributed by atoms with van der Waals surface area (Å²) in [4.78, 5) is 16.4. The van der Waals surface area contributed by atoms with Gasteiger partial charge in [0, 0.05) is 25.7 Å². The summed E-state index contributed by atoms with van der Waals surface area (Å²) in [7, 11) is 0. The minimum absolute atomic E-state index is 0.0815. The Hall–Kier alpha value is -1.21. The van der Waals surface area contributed by atoms with Crippen LogP contribution in [0.4, 0.5) is 11.5 Å². The number of aromatic nitrogens is 1. The summed E-state index contributed by atoms with van der Waals surface area (Å²) < 4.78 is 0.754. The number of nitro groups is 1. The number of anilines is 1. The van der Waals surface area contributed by atoms with Crippen LogP contribution in [0.25, 0.3) is 0 Å². The van der Waals surface area contributed by atoms with Crippen LogP contribution in [0.2, 0.25) is 0 Å². The van der Waals surface area contributed by atoms with Crippen LogP contribution in [0.3, 0.4) is 0 Å². The van der Waals surface area contributed by atoms with E-state index < -0.39 is 4.92 Å². The maximum atomic E-state index is 11.0. The molecule has 2 heterocycles. The lowest BCUT2D eigenvalue weighted by molar-refractivity contribution is -0.388. The van der Waals surface area contributed by atoms with Crippen molar-refractivity contribution in [2.75, 3.05) is 24.5 Å². The largest absolute Gasteiger partial charge is 0.387 e. The van der Waals surface area contributed by atoms with Gasteiger partial charge in [0.15, 0.2) is 6.20 Å². The Labute approximate surface area is 107 Å². The van der Waals surface area contributed by atoms with Crippen molar-refractivity contribution < 1.29 is 4.92 Å². The van der Waals surface area contributed by atoms with E-state index >= 15 is 0 Å². The first-order valence-electron chi connectivity index (χ1n) is 5.37. The molecule has 1 aromatic heterocycles. The zero-order valence-corrected chi connectivity index (χ0v) is 11.0. The first-order valence-corrected chi connectivity index (χ1v) is 6.16. The number of pyridine rings is 1. The van der Waals surface area contributed by atoms with Gasteiger partial charge in [-0.05, 0) is 38.8 Å². The molecule has 0 amide bonds. The lowest BCUT2D eigenvalue weighted by Crippen LogP contribution is -2.50. The van der Waals surface area contributed by atoms with Gasteiger partial charge in [-0.15, -0.1) is 0 Å².